The third-order valence-corrected chi connectivity index (χ3v) is 7.57. The second-order valence-corrected chi connectivity index (χ2v) is 9.80. The molecular weight excluding hydrogens is 366 g/mol. The van der Waals surface area contributed by atoms with Crippen molar-refractivity contribution in [1.82, 2.24) is 9.88 Å². The van der Waals surface area contributed by atoms with Gasteiger partial charge in [-0.05, 0) is 44.4 Å². The lowest BCUT2D eigenvalue weighted by molar-refractivity contribution is -0.133. The van der Waals surface area contributed by atoms with Crippen LogP contribution in [-0.2, 0) is 4.79 Å². The molecule has 2 fully saturated rings. The van der Waals surface area contributed by atoms with Gasteiger partial charge in [-0.25, -0.2) is 4.98 Å². The van der Waals surface area contributed by atoms with Crippen LogP contribution in [0.2, 0.25) is 0 Å². The fourth-order valence-electron chi connectivity index (χ4n) is 4.15. The third kappa shape index (κ3) is 5.16. The van der Waals surface area contributed by atoms with E-state index in [4.69, 9.17) is 5.11 Å². The number of nitrogens with one attached hydrogen (secondary N) is 1. The first-order valence-corrected chi connectivity index (χ1v) is 11.4. The SMILES string of the molecule is C=C(Nc1ncc(SCC(=O)O)s1)N(C1CCCC1)C1CCC(C)CC1. The van der Waals surface area contributed by atoms with Crippen LogP contribution in [0.15, 0.2) is 22.8 Å². The van der Waals surface area contributed by atoms with Crippen LogP contribution < -0.4 is 5.32 Å². The Hall–Kier alpha value is -1.21. The first-order valence-electron chi connectivity index (χ1n) is 9.57. The van der Waals surface area contributed by atoms with Crippen LogP contribution in [0.5, 0.6) is 0 Å². The Balaban J connectivity index is 1.64. The fraction of sp³-hybridized carbons (Fsp3) is 0.684. The molecule has 1 heterocycles. The van der Waals surface area contributed by atoms with E-state index in [1.165, 1.54) is 74.5 Å². The van der Waals surface area contributed by atoms with Gasteiger partial charge in [-0.3, -0.25) is 4.79 Å². The minimum Gasteiger partial charge on any atom is -0.481 e. The van der Waals surface area contributed by atoms with Gasteiger partial charge in [-0.15, -0.1) is 11.8 Å². The molecule has 0 radical (unpaired) electrons. The second kappa shape index (κ2) is 9.13. The molecule has 0 aromatic carbocycles. The highest BCUT2D eigenvalue weighted by Gasteiger charge is 2.32. The predicted molar refractivity (Wildman–Crippen MR) is 109 cm³/mol. The Labute approximate surface area is 164 Å². The van der Waals surface area contributed by atoms with E-state index < -0.39 is 5.97 Å². The van der Waals surface area contributed by atoms with Gasteiger partial charge in [0.25, 0.3) is 0 Å². The molecule has 2 aliphatic rings. The number of rotatable bonds is 8. The van der Waals surface area contributed by atoms with Crippen molar-refractivity contribution in [1.29, 1.82) is 0 Å². The summed E-state index contributed by atoms with van der Waals surface area (Å²) in [5.74, 6) is 1.06. The Kier molecular flexibility index (Phi) is 6.86. The summed E-state index contributed by atoms with van der Waals surface area (Å²) in [7, 11) is 0. The molecule has 0 aliphatic heterocycles. The maximum absolute atomic E-state index is 10.7. The van der Waals surface area contributed by atoms with Crippen LogP contribution in [-0.4, -0.2) is 38.8 Å². The molecule has 3 rings (SSSR count). The largest absolute Gasteiger partial charge is 0.481 e. The minimum absolute atomic E-state index is 0.0665. The summed E-state index contributed by atoms with van der Waals surface area (Å²) in [5, 5.41) is 13.0. The van der Waals surface area contributed by atoms with Gasteiger partial charge < -0.3 is 15.3 Å². The van der Waals surface area contributed by atoms with Gasteiger partial charge in [0.2, 0.25) is 0 Å². The second-order valence-electron chi connectivity index (χ2n) is 7.50. The van der Waals surface area contributed by atoms with E-state index in [9.17, 15) is 4.79 Å². The molecule has 1 aromatic heterocycles. The summed E-state index contributed by atoms with van der Waals surface area (Å²) < 4.78 is 0.918. The molecule has 2 saturated carbocycles. The van der Waals surface area contributed by atoms with Crippen molar-refractivity contribution >= 4 is 34.2 Å². The van der Waals surface area contributed by atoms with Crippen molar-refractivity contribution in [2.75, 3.05) is 11.1 Å². The third-order valence-electron chi connectivity index (χ3n) is 5.48. The summed E-state index contributed by atoms with van der Waals surface area (Å²) in [6.07, 6.45) is 12.0. The molecule has 1 aromatic rings. The van der Waals surface area contributed by atoms with Crippen molar-refractivity contribution in [3.05, 3.63) is 18.6 Å². The Morgan fingerprint density at radius 3 is 2.62 bits per heavy atom. The van der Waals surface area contributed by atoms with Crippen LogP contribution >= 0.6 is 23.1 Å². The molecule has 2 aliphatic carbocycles. The lowest BCUT2D eigenvalue weighted by Gasteiger charge is -2.42. The highest BCUT2D eigenvalue weighted by molar-refractivity contribution is 8.01. The summed E-state index contributed by atoms with van der Waals surface area (Å²) in [6, 6.07) is 1.17. The molecule has 0 unspecified atom stereocenters. The number of hydrogen-bond donors (Lipinski definition) is 2. The number of thioether (sulfide) groups is 1. The standard InChI is InChI=1S/C19H29N3O2S2/c1-13-7-9-16(10-8-13)22(15-5-3-4-6-15)14(2)21-19-20-11-18(26-19)25-12-17(23)24/h11,13,15-16H,2-10,12H2,1H3,(H,20,21)(H,23,24). The maximum atomic E-state index is 10.7. The van der Waals surface area contributed by atoms with Gasteiger partial charge in [0.1, 0.15) is 5.82 Å². The van der Waals surface area contributed by atoms with Crippen LogP contribution in [0, 0.1) is 5.92 Å². The van der Waals surface area contributed by atoms with Crippen LogP contribution in [0.3, 0.4) is 0 Å². The van der Waals surface area contributed by atoms with Crippen LogP contribution in [0.25, 0.3) is 0 Å². The van der Waals surface area contributed by atoms with Gasteiger partial charge >= 0.3 is 5.97 Å². The van der Waals surface area contributed by atoms with E-state index in [0.717, 1.165) is 21.1 Å². The summed E-state index contributed by atoms with van der Waals surface area (Å²) in [5.41, 5.74) is 0. The van der Waals surface area contributed by atoms with Gasteiger partial charge in [0, 0.05) is 12.1 Å². The highest BCUT2D eigenvalue weighted by atomic mass is 32.2. The highest BCUT2D eigenvalue weighted by Crippen LogP contribution is 2.36. The summed E-state index contributed by atoms with van der Waals surface area (Å²) in [4.78, 5) is 17.7. The van der Waals surface area contributed by atoms with E-state index in [-0.39, 0.29) is 5.75 Å². The molecule has 7 heteroatoms. The van der Waals surface area contributed by atoms with Gasteiger partial charge in [-0.1, -0.05) is 37.7 Å². The van der Waals surface area contributed by atoms with E-state index in [2.05, 4.69) is 28.7 Å². The van der Waals surface area contributed by atoms with Gasteiger partial charge in [0.05, 0.1) is 16.2 Å². The smallest absolute Gasteiger partial charge is 0.313 e. The molecule has 0 saturated heterocycles. The topological polar surface area (TPSA) is 65.5 Å². The number of carboxylic acids is 1. The van der Waals surface area contributed by atoms with Gasteiger partial charge in [0.15, 0.2) is 5.13 Å². The molecule has 2 N–H and O–H groups in total. The number of thiazole rings is 1. The Morgan fingerprint density at radius 2 is 1.96 bits per heavy atom. The lowest BCUT2D eigenvalue weighted by Crippen LogP contribution is -2.44. The van der Waals surface area contributed by atoms with Crippen molar-refractivity contribution < 1.29 is 9.90 Å². The van der Waals surface area contributed by atoms with Crippen molar-refractivity contribution in [2.45, 2.75) is 74.6 Å². The minimum atomic E-state index is -0.804. The molecule has 0 atom stereocenters. The van der Waals surface area contributed by atoms with Crippen LogP contribution in [0.4, 0.5) is 5.13 Å². The Morgan fingerprint density at radius 1 is 1.31 bits per heavy atom. The van der Waals surface area contributed by atoms with E-state index >= 15 is 0 Å². The number of aromatic nitrogens is 1. The molecule has 26 heavy (non-hydrogen) atoms. The molecule has 5 nitrogen and oxygen atoms in total. The zero-order chi connectivity index (χ0) is 18.5. The number of carbonyl (C=O) groups is 1. The quantitative estimate of drug-likeness (QED) is 0.602. The predicted octanol–water partition coefficient (Wildman–Crippen LogP) is 5.03. The average Bonchev–Trinajstić information content (AvgIpc) is 3.27. The van der Waals surface area contributed by atoms with Crippen molar-refractivity contribution in [3.63, 3.8) is 0 Å². The average molecular weight is 396 g/mol. The van der Waals surface area contributed by atoms with Gasteiger partial charge in [-0.2, -0.15) is 0 Å². The monoisotopic (exact) mass is 395 g/mol. The van der Waals surface area contributed by atoms with E-state index in [1.54, 1.807) is 6.20 Å². The number of carboxylic acid groups (broad SMARTS) is 1. The van der Waals surface area contributed by atoms with Crippen LogP contribution in [0.1, 0.15) is 58.3 Å². The number of hydrogen-bond acceptors (Lipinski definition) is 6. The lowest BCUT2D eigenvalue weighted by atomic mass is 9.86. The fourth-order valence-corrected chi connectivity index (χ4v) is 5.76. The molecule has 144 valence electrons. The van der Waals surface area contributed by atoms with E-state index in [0.29, 0.717) is 12.1 Å². The first-order chi connectivity index (χ1) is 12.5. The Bertz CT molecular complexity index is 620. The van der Waals surface area contributed by atoms with Crippen molar-refractivity contribution in [3.8, 4) is 0 Å². The van der Waals surface area contributed by atoms with Crippen molar-refractivity contribution in [2.24, 2.45) is 5.92 Å². The molecular formula is C19H29N3O2S2. The number of aliphatic carboxylic acids is 1. The number of nitrogens with zero attached hydrogens (tertiary/aromatic N) is 2. The normalized spacial score (nSPS) is 23.7. The molecule has 0 amide bonds. The summed E-state index contributed by atoms with van der Waals surface area (Å²) >= 11 is 2.81. The molecule has 0 bridgehead atoms. The molecule has 0 spiro atoms. The summed E-state index contributed by atoms with van der Waals surface area (Å²) in [6.45, 7) is 6.71. The number of anilines is 1. The van der Waals surface area contributed by atoms with E-state index in [1.807, 2.05) is 0 Å². The zero-order valence-electron chi connectivity index (χ0n) is 15.4. The maximum Gasteiger partial charge on any atom is 0.313 e. The first kappa shape index (κ1) is 19.5. The zero-order valence-corrected chi connectivity index (χ0v) is 17.1.